The zero-order valence-electron chi connectivity index (χ0n) is 9.49. The Bertz CT molecular complexity index is 495. The first-order valence-electron chi connectivity index (χ1n) is 5.25. The van der Waals surface area contributed by atoms with Crippen LogP contribution in [-0.4, -0.2) is 13.1 Å². The molecule has 1 aliphatic heterocycles. The molecule has 0 saturated carbocycles. The average molecular weight is 211 g/mol. The standard InChI is InChI=1S/C13H13N3/c1-13(2)8-16(9-13)12-4-3-10(6-14)11(5-12)7-15/h3-5H,8-9H2,1-2H3. The highest BCUT2D eigenvalue weighted by molar-refractivity contribution is 5.59. The molecular weight excluding hydrogens is 198 g/mol. The van der Waals surface area contributed by atoms with E-state index in [2.05, 4.69) is 24.8 Å². The summed E-state index contributed by atoms with van der Waals surface area (Å²) in [6.07, 6.45) is 0. The predicted octanol–water partition coefficient (Wildman–Crippen LogP) is 2.28. The van der Waals surface area contributed by atoms with Crippen molar-refractivity contribution in [2.24, 2.45) is 5.41 Å². The van der Waals surface area contributed by atoms with Crippen LogP contribution in [0.15, 0.2) is 18.2 Å². The van der Waals surface area contributed by atoms with Gasteiger partial charge in [-0.2, -0.15) is 10.5 Å². The van der Waals surface area contributed by atoms with Crippen LogP contribution in [0.4, 0.5) is 5.69 Å². The van der Waals surface area contributed by atoms with Crippen molar-refractivity contribution in [2.45, 2.75) is 13.8 Å². The van der Waals surface area contributed by atoms with Gasteiger partial charge < -0.3 is 4.90 Å². The third-order valence-electron chi connectivity index (χ3n) is 2.85. The second-order valence-electron chi connectivity index (χ2n) is 4.97. The molecule has 16 heavy (non-hydrogen) atoms. The Hall–Kier alpha value is -2.00. The quantitative estimate of drug-likeness (QED) is 0.716. The Labute approximate surface area is 95.5 Å². The van der Waals surface area contributed by atoms with Gasteiger partial charge in [0.05, 0.1) is 11.1 Å². The largest absolute Gasteiger partial charge is 0.370 e. The summed E-state index contributed by atoms with van der Waals surface area (Å²) in [5.74, 6) is 0. The van der Waals surface area contributed by atoms with E-state index < -0.39 is 0 Å². The summed E-state index contributed by atoms with van der Waals surface area (Å²) >= 11 is 0. The molecule has 80 valence electrons. The van der Waals surface area contributed by atoms with E-state index in [1.165, 1.54) is 0 Å². The molecule has 0 unspecified atom stereocenters. The van der Waals surface area contributed by atoms with Gasteiger partial charge >= 0.3 is 0 Å². The molecule has 1 saturated heterocycles. The van der Waals surface area contributed by atoms with Crippen LogP contribution in [-0.2, 0) is 0 Å². The van der Waals surface area contributed by atoms with E-state index in [4.69, 9.17) is 10.5 Å². The van der Waals surface area contributed by atoms with Gasteiger partial charge in [0.1, 0.15) is 12.1 Å². The monoisotopic (exact) mass is 211 g/mol. The van der Waals surface area contributed by atoms with Gasteiger partial charge in [0.2, 0.25) is 0 Å². The van der Waals surface area contributed by atoms with Crippen molar-refractivity contribution >= 4 is 5.69 Å². The van der Waals surface area contributed by atoms with E-state index >= 15 is 0 Å². The molecule has 1 aromatic rings. The van der Waals surface area contributed by atoms with Gasteiger partial charge in [-0.25, -0.2) is 0 Å². The average Bonchev–Trinajstić information content (AvgIpc) is 2.24. The van der Waals surface area contributed by atoms with Crippen LogP contribution in [0.2, 0.25) is 0 Å². The second kappa shape index (κ2) is 3.54. The highest BCUT2D eigenvalue weighted by Crippen LogP contribution is 2.33. The molecule has 0 spiro atoms. The minimum absolute atomic E-state index is 0.362. The Kier molecular flexibility index (Phi) is 2.33. The topological polar surface area (TPSA) is 50.8 Å². The van der Waals surface area contributed by atoms with Crippen molar-refractivity contribution in [1.29, 1.82) is 10.5 Å². The minimum atomic E-state index is 0.362. The maximum Gasteiger partial charge on any atom is 0.101 e. The second-order valence-corrected chi connectivity index (χ2v) is 4.97. The molecule has 3 nitrogen and oxygen atoms in total. The molecule has 2 rings (SSSR count). The number of nitrogens with zero attached hydrogens (tertiary/aromatic N) is 3. The Morgan fingerprint density at radius 2 is 1.75 bits per heavy atom. The van der Waals surface area contributed by atoms with Gasteiger partial charge in [-0.3, -0.25) is 0 Å². The third kappa shape index (κ3) is 1.73. The highest BCUT2D eigenvalue weighted by atomic mass is 15.2. The summed E-state index contributed by atoms with van der Waals surface area (Å²) in [6, 6.07) is 9.52. The molecular formula is C13H13N3. The van der Waals surface area contributed by atoms with Crippen LogP contribution in [0.5, 0.6) is 0 Å². The van der Waals surface area contributed by atoms with Gasteiger partial charge in [0, 0.05) is 18.8 Å². The molecule has 0 amide bonds. The first-order chi connectivity index (χ1) is 7.55. The lowest BCUT2D eigenvalue weighted by Crippen LogP contribution is -2.53. The molecule has 1 fully saturated rings. The lowest BCUT2D eigenvalue weighted by molar-refractivity contribution is 0.276. The van der Waals surface area contributed by atoms with Gasteiger partial charge in [-0.15, -0.1) is 0 Å². The summed E-state index contributed by atoms with van der Waals surface area (Å²) in [5.41, 5.74) is 2.31. The number of nitriles is 2. The zero-order valence-corrected chi connectivity index (χ0v) is 9.49. The normalized spacial score (nSPS) is 17.1. The van der Waals surface area contributed by atoms with Crippen LogP contribution < -0.4 is 4.90 Å². The molecule has 0 aliphatic carbocycles. The lowest BCUT2D eigenvalue weighted by atomic mass is 9.84. The maximum absolute atomic E-state index is 8.93. The van der Waals surface area contributed by atoms with E-state index in [1.54, 1.807) is 12.1 Å². The van der Waals surface area contributed by atoms with Gasteiger partial charge in [0.15, 0.2) is 0 Å². The van der Waals surface area contributed by atoms with Crippen molar-refractivity contribution in [3.8, 4) is 12.1 Å². The fraction of sp³-hybridized carbons (Fsp3) is 0.385. The van der Waals surface area contributed by atoms with Crippen molar-refractivity contribution in [3.63, 3.8) is 0 Å². The third-order valence-corrected chi connectivity index (χ3v) is 2.85. The Morgan fingerprint density at radius 1 is 1.12 bits per heavy atom. The molecule has 0 radical (unpaired) electrons. The van der Waals surface area contributed by atoms with E-state index in [0.29, 0.717) is 16.5 Å². The SMILES string of the molecule is CC1(C)CN(c2ccc(C#N)c(C#N)c2)C1. The van der Waals surface area contributed by atoms with Crippen molar-refractivity contribution < 1.29 is 0 Å². The molecule has 0 bridgehead atoms. The van der Waals surface area contributed by atoms with Crippen LogP contribution in [0, 0.1) is 28.1 Å². The number of hydrogen-bond donors (Lipinski definition) is 0. The van der Waals surface area contributed by atoms with Gasteiger partial charge in [-0.05, 0) is 23.6 Å². The molecule has 0 aromatic heterocycles. The van der Waals surface area contributed by atoms with E-state index in [-0.39, 0.29) is 0 Å². The molecule has 3 heteroatoms. The van der Waals surface area contributed by atoms with Crippen LogP contribution in [0.3, 0.4) is 0 Å². The van der Waals surface area contributed by atoms with Crippen molar-refractivity contribution in [1.82, 2.24) is 0 Å². The summed E-state index contributed by atoms with van der Waals surface area (Å²) in [5, 5.41) is 17.7. The molecule has 0 atom stereocenters. The Balaban J connectivity index is 2.26. The summed E-state index contributed by atoms with van der Waals surface area (Å²) in [7, 11) is 0. The van der Waals surface area contributed by atoms with Gasteiger partial charge in [0.25, 0.3) is 0 Å². The van der Waals surface area contributed by atoms with Crippen LogP contribution >= 0.6 is 0 Å². The van der Waals surface area contributed by atoms with E-state index in [0.717, 1.165) is 18.8 Å². The lowest BCUT2D eigenvalue weighted by Gasteiger charge is -2.47. The first-order valence-corrected chi connectivity index (χ1v) is 5.25. The molecule has 1 heterocycles. The van der Waals surface area contributed by atoms with Crippen LogP contribution in [0.1, 0.15) is 25.0 Å². The summed E-state index contributed by atoms with van der Waals surface area (Å²) in [6.45, 7) is 6.45. The smallest absolute Gasteiger partial charge is 0.101 e. The number of anilines is 1. The van der Waals surface area contributed by atoms with Gasteiger partial charge in [-0.1, -0.05) is 13.8 Å². The number of benzene rings is 1. The fourth-order valence-corrected chi connectivity index (χ4v) is 2.09. The molecule has 1 aromatic carbocycles. The first kappa shape index (κ1) is 10.5. The maximum atomic E-state index is 8.93. The molecule has 1 aliphatic rings. The van der Waals surface area contributed by atoms with Crippen molar-refractivity contribution in [2.75, 3.05) is 18.0 Å². The highest BCUT2D eigenvalue weighted by Gasteiger charge is 2.34. The summed E-state index contributed by atoms with van der Waals surface area (Å²) < 4.78 is 0. The summed E-state index contributed by atoms with van der Waals surface area (Å²) in [4.78, 5) is 2.22. The van der Waals surface area contributed by atoms with E-state index in [9.17, 15) is 0 Å². The fourth-order valence-electron chi connectivity index (χ4n) is 2.09. The van der Waals surface area contributed by atoms with E-state index in [1.807, 2.05) is 12.1 Å². The van der Waals surface area contributed by atoms with Crippen molar-refractivity contribution in [3.05, 3.63) is 29.3 Å². The zero-order chi connectivity index (χ0) is 11.8. The molecule has 0 N–H and O–H groups in total. The predicted molar refractivity (Wildman–Crippen MR) is 61.9 cm³/mol. The minimum Gasteiger partial charge on any atom is -0.370 e. The number of rotatable bonds is 1. The number of hydrogen-bond acceptors (Lipinski definition) is 3. The van der Waals surface area contributed by atoms with Crippen LogP contribution in [0.25, 0.3) is 0 Å². The Morgan fingerprint density at radius 3 is 2.25 bits per heavy atom.